The molecule has 0 bridgehead atoms. The summed E-state index contributed by atoms with van der Waals surface area (Å²) in [5, 5.41) is 4.12. The zero-order valence-corrected chi connectivity index (χ0v) is 14.6. The molecule has 1 aliphatic rings. The van der Waals surface area contributed by atoms with Gasteiger partial charge in [0.15, 0.2) is 5.82 Å². The van der Waals surface area contributed by atoms with E-state index in [0.717, 1.165) is 35.8 Å². The smallest absolute Gasteiger partial charge is 0.274 e. The number of hydrogen-bond donors (Lipinski definition) is 1. The van der Waals surface area contributed by atoms with Gasteiger partial charge in [0, 0.05) is 16.7 Å². The van der Waals surface area contributed by atoms with Gasteiger partial charge in [-0.25, -0.2) is 0 Å². The number of rotatable bonds is 3. The van der Waals surface area contributed by atoms with Crippen molar-refractivity contribution < 1.29 is 4.52 Å². The molecule has 2 heterocycles. The first-order valence-electron chi connectivity index (χ1n) is 7.00. The van der Waals surface area contributed by atoms with Gasteiger partial charge < -0.3 is 14.8 Å². The van der Waals surface area contributed by atoms with Crippen LogP contribution in [-0.2, 0) is 5.54 Å². The van der Waals surface area contributed by atoms with Crippen molar-refractivity contribution in [3.8, 4) is 11.6 Å². The number of nitrogens with two attached hydrogens (primary N) is 1. The van der Waals surface area contributed by atoms with Crippen molar-refractivity contribution >= 4 is 28.3 Å². The van der Waals surface area contributed by atoms with Gasteiger partial charge in [-0.05, 0) is 48.7 Å². The van der Waals surface area contributed by atoms with E-state index < -0.39 is 5.54 Å². The summed E-state index contributed by atoms with van der Waals surface area (Å²) in [5.74, 6) is 1.17. The Bertz CT molecular complexity index is 616. The number of nitrogens with zero attached hydrogens (tertiary/aromatic N) is 3. The quantitative estimate of drug-likeness (QED) is 0.879. The van der Waals surface area contributed by atoms with Crippen molar-refractivity contribution in [3.63, 3.8) is 0 Å². The molecule has 7 heteroatoms. The number of aromatic nitrogens is 3. The zero-order chi connectivity index (χ0) is 14.3. The average molecular weight is 376 g/mol. The Morgan fingerprint density at radius 1 is 1.38 bits per heavy atom. The van der Waals surface area contributed by atoms with E-state index >= 15 is 0 Å². The molecule has 0 aromatic carbocycles. The fraction of sp³-hybridized carbons (Fsp3) is 0.571. The molecule has 21 heavy (non-hydrogen) atoms. The minimum atomic E-state index is -0.408. The first-order chi connectivity index (χ1) is 9.49. The second-order valence-corrected chi connectivity index (χ2v) is 6.75. The van der Waals surface area contributed by atoms with E-state index in [1.807, 2.05) is 12.3 Å². The van der Waals surface area contributed by atoms with Crippen molar-refractivity contribution in [1.29, 1.82) is 0 Å². The van der Waals surface area contributed by atoms with Crippen LogP contribution in [0.3, 0.4) is 0 Å². The molecule has 2 aromatic heterocycles. The summed E-state index contributed by atoms with van der Waals surface area (Å²) >= 11 is 3.50. The third-order valence-corrected chi connectivity index (χ3v) is 4.39. The SMILES string of the molecule is CC(C)n1cc(Br)cc1-c1nc(C2(N)CCCC2)no1.Cl. The standard InChI is InChI=1S/C14H19BrN4O.ClH/c1-9(2)19-8-10(15)7-11(19)12-17-13(18-20-12)14(16)5-3-4-6-14;/h7-9H,3-6,16H2,1-2H3;1H. The Kier molecular flexibility index (Phi) is 4.80. The Balaban J connectivity index is 0.00000161. The molecule has 0 saturated heterocycles. The minimum Gasteiger partial charge on any atom is -0.340 e. The Morgan fingerprint density at radius 3 is 2.67 bits per heavy atom. The second-order valence-electron chi connectivity index (χ2n) is 5.83. The lowest BCUT2D eigenvalue weighted by Crippen LogP contribution is -2.34. The van der Waals surface area contributed by atoms with Crippen LogP contribution in [0.25, 0.3) is 11.6 Å². The summed E-state index contributed by atoms with van der Waals surface area (Å²) in [6, 6.07) is 2.32. The van der Waals surface area contributed by atoms with E-state index in [1.54, 1.807) is 0 Å². The molecule has 0 radical (unpaired) electrons. The summed E-state index contributed by atoms with van der Waals surface area (Å²) < 4.78 is 8.56. The van der Waals surface area contributed by atoms with Crippen LogP contribution in [0.5, 0.6) is 0 Å². The monoisotopic (exact) mass is 374 g/mol. The van der Waals surface area contributed by atoms with Gasteiger partial charge in [0.1, 0.15) is 5.69 Å². The third kappa shape index (κ3) is 3.03. The molecule has 3 rings (SSSR count). The third-order valence-electron chi connectivity index (χ3n) is 3.96. The van der Waals surface area contributed by atoms with Crippen molar-refractivity contribution in [3.05, 3.63) is 22.6 Å². The molecular weight excluding hydrogens is 356 g/mol. The fourth-order valence-electron chi connectivity index (χ4n) is 2.80. The lowest BCUT2D eigenvalue weighted by molar-refractivity contribution is 0.371. The van der Waals surface area contributed by atoms with E-state index in [2.05, 4.69) is 44.5 Å². The van der Waals surface area contributed by atoms with Gasteiger partial charge in [-0.15, -0.1) is 12.4 Å². The highest BCUT2D eigenvalue weighted by molar-refractivity contribution is 9.10. The van der Waals surface area contributed by atoms with Gasteiger partial charge in [-0.1, -0.05) is 18.0 Å². The number of halogens is 2. The van der Waals surface area contributed by atoms with Crippen molar-refractivity contribution in [1.82, 2.24) is 14.7 Å². The molecule has 0 aliphatic heterocycles. The Labute approximate surface area is 138 Å². The Hall–Kier alpha value is -0.850. The van der Waals surface area contributed by atoms with Gasteiger partial charge in [0.2, 0.25) is 0 Å². The van der Waals surface area contributed by atoms with Gasteiger partial charge in [0.25, 0.3) is 5.89 Å². The maximum Gasteiger partial charge on any atom is 0.274 e. The molecule has 1 aliphatic carbocycles. The molecule has 116 valence electrons. The van der Waals surface area contributed by atoms with E-state index in [9.17, 15) is 0 Å². The van der Waals surface area contributed by atoms with Gasteiger partial charge >= 0.3 is 0 Å². The number of hydrogen-bond acceptors (Lipinski definition) is 4. The largest absolute Gasteiger partial charge is 0.340 e. The fourth-order valence-corrected chi connectivity index (χ4v) is 3.24. The summed E-state index contributed by atoms with van der Waals surface area (Å²) in [6.07, 6.45) is 6.15. The maximum atomic E-state index is 6.37. The minimum absolute atomic E-state index is 0. The molecule has 0 spiro atoms. The van der Waals surface area contributed by atoms with Crippen LogP contribution in [0, 0.1) is 0 Å². The van der Waals surface area contributed by atoms with Crippen molar-refractivity contribution in [2.24, 2.45) is 5.73 Å². The summed E-state index contributed by atoms with van der Waals surface area (Å²) in [4.78, 5) is 4.55. The first-order valence-corrected chi connectivity index (χ1v) is 7.80. The van der Waals surface area contributed by atoms with Crippen LogP contribution < -0.4 is 5.73 Å². The summed E-state index contributed by atoms with van der Waals surface area (Å²) in [5.41, 5.74) is 6.89. The van der Waals surface area contributed by atoms with Crippen LogP contribution in [-0.4, -0.2) is 14.7 Å². The van der Waals surface area contributed by atoms with Gasteiger partial charge in [-0.2, -0.15) is 4.98 Å². The van der Waals surface area contributed by atoms with Crippen LogP contribution in [0.1, 0.15) is 51.4 Å². The van der Waals surface area contributed by atoms with Crippen LogP contribution in [0.15, 0.2) is 21.3 Å². The molecule has 0 amide bonds. The molecule has 1 saturated carbocycles. The predicted molar refractivity (Wildman–Crippen MR) is 87.4 cm³/mol. The molecule has 1 fully saturated rings. The lowest BCUT2D eigenvalue weighted by atomic mass is 9.99. The second kappa shape index (κ2) is 6.10. The molecule has 2 aromatic rings. The molecule has 2 N–H and O–H groups in total. The van der Waals surface area contributed by atoms with Crippen molar-refractivity contribution in [2.75, 3.05) is 0 Å². The van der Waals surface area contributed by atoms with E-state index in [1.165, 1.54) is 0 Å². The topological polar surface area (TPSA) is 69.9 Å². The van der Waals surface area contributed by atoms with Crippen molar-refractivity contribution in [2.45, 2.75) is 51.1 Å². The van der Waals surface area contributed by atoms with E-state index in [-0.39, 0.29) is 12.4 Å². The molecule has 5 nitrogen and oxygen atoms in total. The lowest BCUT2D eigenvalue weighted by Gasteiger charge is -2.17. The summed E-state index contributed by atoms with van der Waals surface area (Å²) in [6.45, 7) is 4.24. The average Bonchev–Trinajstić information content (AvgIpc) is 3.06. The van der Waals surface area contributed by atoms with Crippen LogP contribution >= 0.6 is 28.3 Å². The van der Waals surface area contributed by atoms with E-state index in [4.69, 9.17) is 10.3 Å². The van der Waals surface area contributed by atoms with E-state index in [0.29, 0.717) is 17.8 Å². The van der Waals surface area contributed by atoms with Crippen LogP contribution in [0.2, 0.25) is 0 Å². The predicted octanol–water partition coefficient (Wildman–Crippen LogP) is 4.03. The maximum absolute atomic E-state index is 6.37. The van der Waals surface area contributed by atoms with Gasteiger partial charge in [-0.3, -0.25) is 0 Å². The molecule has 0 atom stereocenters. The van der Waals surface area contributed by atoms with Crippen LogP contribution in [0.4, 0.5) is 0 Å². The summed E-state index contributed by atoms with van der Waals surface area (Å²) in [7, 11) is 0. The highest BCUT2D eigenvalue weighted by Crippen LogP contribution is 2.36. The molecular formula is C14H20BrClN4O. The highest BCUT2D eigenvalue weighted by atomic mass is 79.9. The highest BCUT2D eigenvalue weighted by Gasteiger charge is 2.36. The first kappa shape index (κ1) is 16.5. The zero-order valence-electron chi connectivity index (χ0n) is 12.2. The molecule has 0 unspecified atom stereocenters. The Morgan fingerprint density at radius 2 is 2.05 bits per heavy atom. The van der Waals surface area contributed by atoms with Gasteiger partial charge in [0.05, 0.1) is 5.54 Å². The normalized spacial score (nSPS) is 17.2.